The first kappa shape index (κ1) is 21.6. The molecular formula is C22H25N3O2S3. The van der Waals surface area contributed by atoms with Crippen molar-refractivity contribution in [2.75, 3.05) is 56.8 Å². The molecule has 0 atom stereocenters. The van der Waals surface area contributed by atoms with Gasteiger partial charge in [0.1, 0.15) is 0 Å². The summed E-state index contributed by atoms with van der Waals surface area (Å²) in [4.78, 5) is 24.9. The number of para-hydroxylation sites is 1. The van der Waals surface area contributed by atoms with Gasteiger partial charge in [0.15, 0.2) is 5.13 Å². The first-order valence-corrected chi connectivity index (χ1v) is 13.2. The number of hydrogen-bond acceptors (Lipinski definition) is 7. The predicted molar refractivity (Wildman–Crippen MR) is 129 cm³/mol. The fraction of sp³-hybridized carbons (Fsp3) is 0.364. The zero-order chi connectivity index (χ0) is 20.9. The second kappa shape index (κ2) is 10.2. The lowest BCUT2D eigenvalue weighted by atomic mass is 10.2. The van der Waals surface area contributed by atoms with Gasteiger partial charge in [0, 0.05) is 36.0 Å². The van der Waals surface area contributed by atoms with Crippen molar-refractivity contribution in [3.63, 3.8) is 0 Å². The molecule has 1 aliphatic heterocycles. The minimum atomic E-state index is 0.0120. The number of carbonyl (C=O) groups excluding carboxylic acids is 1. The molecule has 0 unspecified atom stereocenters. The highest BCUT2D eigenvalue weighted by atomic mass is 32.2. The second-order valence-electron chi connectivity index (χ2n) is 6.91. The van der Waals surface area contributed by atoms with Crippen LogP contribution in [0.25, 0.3) is 10.2 Å². The normalized spacial score (nSPS) is 14.9. The molecule has 1 fully saturated rings. The van der Waals surface area contributed by atoms with E-state index in [-0.39, 0.29) is 5.91 Å². The molecule has 0 bridgehead atoms. The summed E-state index contributed by atoms with van der Waals surface area (Å²) in [5, 5.41) is 0.765. The minimum absolute atomic E-state index is 0.0120. The van der Waals surface area contributed by atoms with Crippen molar-refractivity contribution < 1.29 is 9.53 Å². The van der Waals surface area contributed by atoms with Gasteiger partial charge >= 0.3 is 0 Å². The van der Waals surface area contributed by atoms with Crippen LogP contribution < -0.4 is 4.90 Å². The van der Waals surface area contributed by atoms with Crippen molar-refractivity contribution in [2.24, 2.45) is 0 Å². The molecule has 1 amide bonds. The average Bonchev–Trinajstić information content (AvgIpc) is 3.23. The van der Waals surface area contributed by atoms with Gasteiger partial charge in [-0.3, -0.25) is 14.6 Å². The summed E-state index contributed by atoms with van der Waals surface area (Å²) in [6.45, 7) is 4.72. The summed E-state index contributed by atoms with van der Waals surface area (Å²) in [5.74, 6) is 0.0120. The Bertz CT molecular complexity index is 1020. The first-order chi connectivity index (χ1) is 14.7. The van der Waals surface area contributed by atoms with E-state index < -0.39 is 0 Å². The number of carbonyl (C=O) groups is 1. The molecular weight excluding hydrogens is 434 g/mol. The van der Waals surface area contributed by atoms with Crippen LogP contribution in [0.1, 0.15) is 10.4 Å². The van der Waals surface area contributed by atoms with E-state index in [0.29, 0.717) is 6.54 Å². The van der Waals surface area contributed by atoms with E-state index in [1.807, 2.05) is 35.4 Å². The minimum Gasteiger partial charge on any atom is -0.379 e. The molecule has 0 N–H and O–H groups in total. The van der Waals surface area contributed by atoms with Crippen molar-refractivity contribution in [1.29, 1.82) is 0 Å². The van der Waals surface area contributed by atoms with Gasteiger partial charge in [-0.1, -0.05) is 29.5 Å². The average molecular weight is 460 g/mol. The third-order valence-corrected chi connectivity index (χ3v) is 7.76. The van der Waals surface area contributed by atoms with E-state index in [0.717, 1.165) is 63.6 Å². The molecule has 2 heterocycles. The van der Waals surface area contributed by atoms with Gasteiger partial charge < -0.3 is 4.74 Å². The number of benzene rings is 2. The lowest BCUT2D eigenvalue weighted by Crippen LogP contribution is -2.43. The van der Waals surface area contributed by atoms with Crippen LogP contribution in [0.15, 0.2) is 52.3 Å². The molecule has 0 aliphatic carbocycles. The van der Waals surface area contributed by atoms with Gasteiger partial charge in [-0.05, 0) is 36.8 Å². The number of aromatic nitrogens is 1. The molecule has 8 heteroatoms. The topological polar surface area (TPSA) is 45.7 Å². The van der Waals surface area contributed by atoms with Crippen LogP contribution >= 0.6 is 34.9 Å². The van der Waals surface area contributed by atoms with Crippen molar-refractivity contribution in [1.82, 2.24) is 9.88 Å². The third kappa shape index (κ3) is 4.68. The SMILES string of the molecule is CSc1ccccc1C(=O)N(CCN1CCOCC1)c1nc2c(SC)cccc2s1. The highest BCUT2D eigenvalue weighted by molar-refractivity contribution is 7.99. The van der Waals surface area contributed by atoms with Crippen LogP contribution in [0.4, 0.5) is 5.13 Å². The smallest absolute Gasteiger partial charge is 0.261 e. The maximum Gasteiger partial charge on any atom is 0.261 e. The van der Waals surface area contributed by atoms with Crippen LogP contribution in [0.5, 0.6) is 0 Å². The predicted octanol–water partition coefficient (Wildman–Crippen LogP) is 4.72. The zero-order valence-electron chi connectivity index (χ0n) is 17.2. The number of thioether (sulfide) groups is 2. The number of rotatable bonds is 7. The van der Waals surface area contributed by atoms with Crippen molar-refractivity contribution >= 4 is 56.1 Å². The van der Waals surface area contributed by atoms with E-state index in [1.165, 1.54) is 0 Å². The fourth-order valence-electron chi connectivity index (χ4n) is 3.51. The van der Waals surface area contributed by atoms with Gasteiger partial charge in [0.25, 0.3) is 5.91 Å². The highest BCUT2D eigenvalue weighted by Crippen LogP contribution is 2.35. The summed E-state index contributed by atoms with van der Waals surface area (Å²) in [7, 11) is 0. The maximum absolute atomic E-state index is 13.7. The molecule has 1 aliphatic rings. The number of amides is 1. The van der Waals surface area contributed by atoms with Crippen LogP contribution in [-0.2, 0) is 4.74 Å². The number of morpholine rings is 1. The molecule has 2 aromatic carbocycles. The third-order valence-electron chi connectivity index (χ3n) is 5.15. The number of anilines is 1. The number of thiazole rings is 1. The summed E-state index contributed by atoms with van der Waals surface area (Å²) in [6, 6.07) is 14.0. The Kier molecular flexibility index (Phi) is 7.32. The quantitative estimate of drug-likeness (QED) is 0.477. The summed E-state index contributed by atoms with van der Waals surface area (Å²) in [5.41, 5.74) is 1.71. The van der Waals surface area contributed by atoms with E-state index in [2.05, 4.69) is 29.4 Å². The Morgan fingerprint density at radius 3 is 2.60 bits per heavy atom. The van der Waals surface area contributed by atoms with Gasteiger partial charge in [-0.2, -0.15) is 0 Å². The van der Waals surface area contributed by atoms with Crippen LogP contribution in [0.3, 0.4) is 0 Å². The molecule has 1 saturated heterocycles. The van der Waals surface area contributed by atoms with Crippen molar-refractivity contribution in [2.45, 2.75) is 9.79 Å². The van der Waals surface area contributed by atoms with Gasteiger partial charge in [-0.25, -0.2) is 4.98 Å². The molecule has 0 spiro atoms. The molecule has 4 rings (SSSR count). The molecule has 0 saturated carbocycles. The highest BCUT2D eigenvalue weighted by Gasteiger charge is 2.24. The number of fused-ring (bicyclic) bond motifs is 1. The Balaban J connectivity index is 1.68. The summed E-state index contributed by atoms with van der Waals surface area (Å²) >= 11 is 4.87. The largest absolute Gasteiger partial charge is 0.379 e. The van der Waals surface area contributed by atoms with Gasteiger partial charge in [0.05, 0.1) is 29.0 Å². The standard InChI is InChI=1S/C22H25N3O2S3/c1-28-17-7-4-3-6-16(17)21(26)25(11-10-24-12-14-27-15-13-24)22-23-20-18(29-2)8-5-9-19(20)30-22/h3-9H,10-15H2,1-2H3. The van der Waals surface area contributed by atoms with Crippen molar-refractivity contribution in [3.8, 4) is 0 Å². The van der Waals surface area contributed by atoms with E-state index in [4.69, 9.17) is 9.72 Å². The lowest BCUT2D eigenvalue weighted by molar-refractivity contribution is 0.0391. The van der Waals surface area contributed by atoms with E-state index in [1.54, 1.807) is 34.9 Å². The maximum atomic E-state index is 13.7. The zero-order valence-corrected chi connectivity index (χ0v) is 19.6. The fourth-order valence-corrected chi connectivity index (χ4v) is 5.74. The first-order valence-electron chi connectivity index (χ1n) is 9.90. The van der Waals surface area contributed by atoms with Crippen LogP contribution in [0, 0.1) is 0 Å². The second-order valence-corrected chi connectivity index (χ2v) is 9.62. The molecule has 158 valence electrons. The van der Waals surface area contributed by atoms with Gasteiger partial charge in [-0.15, -0.1) is 23.5 Å². The number of ether oxygens (including phenoxy) is 1. The van der Waals surface area contributed by atoms with Crippen molar-refractivity contribution in [3.05, 3.63) is 48.0 Å². The number of nitrogens with zero attached hydrogens (tertiary/aromatic N) is 3. The van der Waals surface area contributed by atoms with Gasteiger partial charge in [0.2, 0.25) is 0 Å². The Morgan fingerprint density at radius 1 is 1.10 bits per heavy atom. The Morgan fingerprint density at radius 2 is 1.83 bits per heavy atom. The Labute approximate surface area is 189 Å². The Hall–Kier alpha value is -1.58. The molecule has 3 aromatic rings. The molecule has 30 heavy (non-hydrogen) atoms. The number of hydrogen-bond donors (Lipinski definition) is 0. The van der Waals surface area contributed by atoms with E-state index >= 15 is 0 Å². The van der Waals surface area contributed by atoms with Crippen LogP contribution in [0.2, 0.25) is 0 Å². The lowest BCUT2D eigenvalue weighted by Gasteiger charge is -2.29. The van der Waals surface area contributed by atoms with E-state index in [9.17, 15) is 4.79 Å². The summed E-state index contributed by atoms with van der Waals surface area (Å²) in [6.07, 6.45) is 4.07. The molecule has 5 nitrogen and oxygen atoms in total. The monoisotopic (exact) mass is 459 g/mol. The molecule has 0 radical (unpaired) electrons. The molecule has 1 aromatic heterocycles. The van der Waals surface area contributed by atoms with Crippen LogP contribution in [-0.4, -0.2) is 67.7 Å². The summed E-state index contributed by atoms with van der Waals surface area (Å²) < 4.78 is 6.58.